The molecule has 1 saturated carbocycles. The Morgan fingerprint density at radius 1 is 1.20 bits per heavy atom. The monoisotopic (exact) mass is 359 g/mol. The third kappa shape index (κ3) is 2.61. The fourth-order valence-electron chi connectivity index (χ4n) is 3.11. The van der Waals surface area contributed by atoms with Crippen LogP contribution >= 0.6 is 15.9 Å². The van der Waals surface area contributed by atoms with Crippen molar-refractivity contribution in [2.75, 3.05) is 16.7 Å². The van der Waals surface area contributed by atoms with Crippen LogP contribution in [0.1, 0.15) is 25.7 Å². The summed E-state index contributed by atoms with van der Waals surface area (Å²) in [6.07, 6.45) is 4.01. The molecule has 1 aromatic carbocycles. The largest absolute Gasteiger partial charge is 0.375 e. The smallest absolute Gasteiger partial charge is 0.237 e. The Morgan fingerprint density at radius 2 is 1.95 bits per heavy atom. The third-order valence-electron chi connectivity index (χ3n) is 4.03. The molecule has 1 heterocycles. The number of sulfonamides is 1. The summed E-state index contributed by atoms with van der Waals surface area (Å²) in [5.41, 5.74) is 0.731. The molecule has 4 nitrogen and oxygen atoms in total. The standard InChI is InChI=1S/C14H18BrNO3S/c15-11-5-1-2-6-12(11)16-13-7-3-4-8-14(13)19-9-10-20(16,17)18/h1-2,5-6,13-14H,3-4,7-10H2/t13-,14-/m0/s1. The van der Waals surface area contributed by atoms with Crippen molar-refractivity contribution in [2.45, 2.75) is 37.8 Å². The zero-order valence-corrected chi connectivity index (χ0v) is 13.6. The van der Waals surface area contributed by atoms with Crippen LogP contribution in [0.3, 0.4) is 0 Å². The van der Waals surface area contributed by atoms with Gasteiger partial charge in [0.25, 0.3) is 0 Å². The van der Waals surface area contributed by atoms with E-state index in [2.05, 4.69) is 15.9 Å². The predicted octanol–water partition coefficient (Wildman–Crippen LogP) is 2.93. The van der Waals surface area contributed by atoms with Crippen molar-refractivity contribution in [3.8, 4) is 0 Å². The van der Waals surface area contributed by atoms with Gasteiger partial charge in [-0.2, -0.15) is 0 Å². The minimum atomic E-state index is -3.33. The van der Waals surface area contributed by atoms with Crippen molar-refractivity contribution >= 4 is 31.6 Å². The van der Waals surface area contributed by atoms with Crippen LogP contribution in [0.25, 0.3) is 0 Å². The Morgan fingerprint density at radius 3 is 2.75 bits per heavy atom. The van der Waals surface area contributed by atoms with E-state index in [1.165, 1.54) is 0 Å². The van der Waals surface area contributed by atoms with E-state index in [1.807, 2.05) is 24.3 Å². The highest BCUT2D eigenvalue weighted by Gasteiger charge is 2.40. The summed E-state index contributed by atoms with van der Waals surface area (Å²) in [6, 6.07) is 7.44. The van der Waals surface area contributed by atoms with Crippen LogP contribution in [0.2, 0.25) is 0 Å². The van der Waals surface area contributed by atoms with Gasteiger partial charge in [0.2, 0.25) is 10.0 Å². The maximum atomic E-state index is 12.6. The summed E-state index contributed by atoms with van der Waals surface area (Å²) in [7, 11) is -3.33. The highest BCUT2D eigenvalue weighted by atomic mass is 79.9. The molecular formula is C14H18BrNO3S. The van der Waals surface area contributed by atoms with E-state index >= 15 is 0 Å². The van der Waals surface area contributed by atoms with E-state index in [0.717, 1.165) is 35.8 Å². The summed E-state index contributed by atoms with van der Waals surface area (Å²) >= 11 is 3.48. The van der Waals surface area contributed by atoms with Gasteiger partial charge in [-0.25, -0.2) is 8.42 Å². The first-order chi connectivity index (χ1) is 9.59. The van der Waals surface area contributed by atoms with Crippen LogP contribution in [-0.4, -0.2) is 32.9 Å². The van der Waals surface area contributed by atoms with Crippen LogP contribution in [0.4, 0.5) is 5.69 Å². The molecule has 110 valence electrons. The molecular weight excluding hydrogens is 342 g/mol. The van der Waals surface area contributed by atoms with Gasteiger partial charge in [0.05, 0.1) is 30.2 Å². The number of para-hydroxylation sites is 1. The molecule has 0 aromatic heterocycles. The molecule has 0 spiro atoms. The maximum Gasteiger partial charge on any atom is 0.237 e. The van der Waals surface area contributed by atoms with Gasteiger partial charge in [0.1, 0.15) is 0 Å². The van der Waals surface area contributed by atoms with E-state index in [-0.39, 0.29) is 17.9 Å². The van der Waals surface area contributed by atoms with Crippen LogP contribution < -0.4 is 4.31 Å². The van der Waals surface area contributed by atoms with E-state index in [4.69, 9.17) is 4.74 Å². The minimum Gasteiger partial charge on any atom is -0.375 e. The Hall–Kier alpha value is -0.590. The van der Waals surface area contributed by atoms with Gasteiger partial charge >= 0.3 is 0 Å². The highest BCUT2D eigenvalue weighted by Crippen LogP contribution is 2.37. The second kappa shape index (κ2) is 5.66. The van der Waals surface area contributed by atoms with Gasteiger partial charge in [0, 0.05) is 4.47 Å². The molecule has 6 heteroatoms. The molecule has 0 N–H and O–H groups in total. The molecule has 0 bridgehead atoms. The predicted molar refractivity (Wildman–Crippen MR) is 82.4 cm³/mol. The van der Waals surface area contributed by atoms with Gasteiger partial charge < -0.3 is 4.74 Å². The average molecular weight is 360 g/mol. The van der Waals surface area contributed by atoms with Gasteiger partial charge in [-0.05, 0) is 40.9 Å². The third-order valence-corrected chi connectivity index (χ3v) is 6.45. The van der Waals surface area contributed by atoms with E-state index in [9.17, 15) is 8.42 Å². The SMILES string of the molecule is O=S1(=O)CCO[C@H]2CCCC[C@@H]2N1c1ccccc1Br. The summed E-state index contributed by atoms with van der Waals surface area (Å²) in [4.78, 5) is 0. The second-order valence-electron chi connectivity index (χ2n) is 5.32. The summed E-state index contributed by atoms with van der Waals surface area (Å²) in [5, 5.41) is 0. The van der Waals surface area contributed by atoms with Crippen molar-refractivity contribution in [3.05, 3.63) is 28.7 Å². The van der Waals surface area contributed by atoms with Crippen molar-refractivity contribution < 1.29 is 13.2 Å². The quantitative estimate of drug-likeness (QED) is 0.774. The zero-order chi connectivity index (χ0) is 14.2. The molecule has 1 aromatic rings. The second-order valence-corrected chi connectivity index (χ2v) is 8.14. The number of benzene rings is 1. The number of anilines is 1. The molecule has 1 aliphatic carbocycles. The normalized spacial score (nSPS) is 29.6. The first-order valence-electron chi connectivity index (χ1n) is 6.98. The van der Waals surface area contributed by atoms with Gasteiger partial charge in [-0.15, -0.1) is 0 Å². The van der Waals surface area contributed by atoms with Gasteiger partial charge in [-0.3, -0.25) is 4.31 Å². The summed E-state index contributed by atoms with van der Waals surface area (Å²) < 4.78 is 33.5. The molecule has 1 aliphatic heterocycles. The molecule has 0 amide bonds. The van der Waals surface area contributed by atoms with Crippen molar-refractivity contribution in [1.29, 1.82) is 0 Å². The molecule has 20 heavy (non-hydrogen) atoms. The Balaban J connectivity index is 2.08. The number of halogens is 1. The number of hydrogen-bond acceptors (Lipinski definition) is 3. The Labute approximate surface area is 128 Å². The molecule has 0 radical (unpaired) electrons. The van der Waals surface area contributed by atoms with Gasteiger partial charge in [0.15, 0.2) is 0 Å². The van der Waals surface area contributed by atoms with Crippen molar-refractivity contribution in [1.82, 2.24) is 0 Å². The molecule has 3 rings (SSSR count). The van der Waals surface area contributed by atoms with Crippen LogP contribution in [-0.2, 0) is 14.8 Å². The first kappa shape index (κ1) is 14.4. The van der Waals surface area contributed by atoms with Crippen LogP contribution in [0.5, 0.6) is 0 Å². The van der Waals surface area contributed by atoms with Crippen LogP contribution in [0.15, 0.2) is 28.7 Å². The molecule has 2 atom stereocenters. The number of ether oxygens (including phenoxy) is 1. The molecule has 1 saturated heterocycles. The highest BCUT2D eigenvalue weighted by molar-refractivity contribution is 9.10. The van der Waals surface area contributed by atoms with E-state index < -0.39 is 10.0 Å². The number of hydrogen-bond donors (Lipinski definition) is 0. The van der Waals surface area contributed by atoms with E-state index in [0.29, 0.717) is 6.61 Å². The zero-order valence-electron chi connectivity index (χ0n) is 11.2. The topological polar surface area (TPSA) is 46.6 Å². The average Bonchev–Trinajstić information content (AvgIpc) is 2.55. The lowest BCUT2D eigenvalue weighted by Gasteiger charge is -2.37. The summed E-state index contributed by atoms with van der Waals surface area (Å²) in [5.74, 6) is 0.0569. The lowest BCUT2D eigenvalue weighted by atomic mass is 9.92. The Kier molecular flexibility index (Phi) is 4.06. The number of fused-ring (bicyclic) bond motifs is 1. The van der Waals surface area contributed by atoms with Crippen molar-refractivity contribution in [3.63, 3.8) is 0 Å². The fraction of sp³-hybridized carbons (Fsp3) is 0.571. The summed E-state index contributed by atoms with van der Waals surface area (Å²) in [6.45, 7) is 0.296. The lowest BCUT2D eigenvalue weighted by molar-refractivity contribution is 0.0296. The van der Waals surface area contributed by atoms with Crippen LogP contribution in [0, 0.1) is 0 Å². The molecule has 0 unspecified atom stereocenters. The molecule has 2 aliphatic rings. The van der Waals surface area contributed by atoms with Crippen molar-refractivity contribution in [2.24, 2.45) is 0 Å². The van der Waals surface area contributed by atoms with Gasteiger partial charge in [-0.1, -0.05) is 25.0 Å². The van der Waals surface area contributed by atoms with E-state index in [1.54, 1.807) is 4.31 Å². The fourth-order valence-corrected chi connectivity index (χ4v) is 5.32. The lowest BCUT2D eigenvalue weighted by Crippen LogP contribution is -2.48. The Bertz CT molecular complexity index is 590. The minimum absolute atomic E-state index is 0.0214. The number of rotatable bonds is 1. The first-order valence-corrected chi connectivity index (χ1v) is 9.38. The number of nitrogens with zero attached hydrogens (tertiary/aromatic N) is 1. The maximum absolute atomic E-state index is 12.6. The molecule has 2 fully saturated rings.